The Bertz CT molecular complexity index is 968. The van der Waals surface area contributed by atoms with E-state index in [0.717, 1.165) is 14.8 Å². The van der Waals surface area contributed by atoms with Gasteiger partial charge in [0, 0.05) is 37.0 Å². The normalized spacial score (nSPS) is 10.6. The number of carbonyl (C=O) groups excluding carboxylic acids is 2. The van der Waals surface area contributed by atoms with E-state index >= 15 is 0 Å². The maximum atomic E-state index is 12.3. The van der Waals surface area contributed by atoms with Gasteiger partial charge in [-0.25, -0.2) is 0 Å². The second kappa shape index (κ2) is 10.4. The van der Waals surface area contributed by atoms with Crippen LogP contribution >= 0.6 is 34.7 Å². The van der Waals surface area contributed by atoms with E-state index in [1.165, 1.54) is 30.0 Å². The van der Waals surface area contributed by atoms with Crippen molar-refractivity contribution in [3.05, 3.63) is 64.6 Å². The molecule has 2 aromatic carbocycles. The summed E-state index contributed by atoms with van der Waals surface area (Å²) in [5.74, 6) is -0.243. The van der Waals surface area contributed by atoms with Gasteiger partial charge in [0.05, 0.1) is 5.02 Å². The van der Waals surface area contributed by atoms with Gasteiger partial charge in [0.2, 0.25) is 11.8 Å². The summed E-state index contributed by atoms with van der Waals surface area (Å²) in [6.07, 6.45) is 0.200. The lowest BCUT2D eigenvalue weighted by Gasteiger charge is -2.21. The number of nitrogens with zero attached hydrogens (tertiary/aromatic N) is 3. The van der Waals surface area contributed by atoms with Crippen LogP contribution in [0.25, 0.3) is 0 Å². The van der Waals surface area contributed by atoms with Crippen molar-refractivity contribution >= 4 is 52.2 Å². The molecule has 9 heteroatoms. The number of nitrogens with one attached hydrogen (secondary N) is 1. The topological polar surface area (TPSA) is 75.2 Å². The van der Waals surface area contributed by atoms with E-state index in [-0.39, 0.29) is 18.2 Å². The average Bonchev–Trinajstić information content (AvgIpc) is 3.21. The van der Waals surface area contributed by atoms with Crippen molar-refractivity contribution in [3.8, 4) is 0 Å². The fourth-order valence-corrected chi connectivity index (χ4v) is 4.31. The van der Waals surface area contributed by atoms with Crippen molar-refractivity contribution in [1.82, 2.24) is 15.1 Å². The zero-order valence-electron chi connectivity index (χ0n) is 15.7. The Morgan fingerprint density at radius 2 is 2.00 bits per heavy atom. The Balaban J connectivity index is 1.54. The smallest absolute Gasteiger partial charge is 0.226 e. The largest absolute Gasteiger partial charge is 0.338 e. The summed E-state index contributed by atoms with van der Waals surface area (Å²) in [6.45, 7) is 2.33. The molecule has 1 N–H and O–H groups in total. The van der Waals surface area contributed by atoms with Crippen LogP contribution in [0.3, 0.4) is 0 Å². The minimum Gasteiger partial charge on any atom is -0.338 e. The molecule has 1 aromatic heterocycles. The predicted molar refractivity (Wildman–Crippen MR) is 116 cm³/mol. The molecule has 6 nitrogen and oxygen atoms in total. The molecule has 0 saturated carbocycles. The molecule has 0 fully saturated rings. The fraction of sp³-hybridized carbons (Fsp3) is 0.200. The van der Waals surface area contributed by atoms with Crippen LogP contribution in [0.1, 0.15) is 18.9 Å². The molecule has 0 unspecified atom stereocenters. The van der Waals surface area contributed by atoms with Gasteiger partial charge in [0.15, 0.2) is 4.34 Å². The van der Waals surface area contributed by atoms with Crippen molar-refractivity contribution in [1.29, 1.82) is 0 Å². The van der Waals surface area contributed by atoms with Gasteiger partial charge in [0.25, 0.3) is 0 Å². The van der Waals surface area contributed by atoms with Gasteiger partial charge in [-0.3, -0.25) is 9.59 Å². The van der Waals surface area contributed by atoms with Crippen LogP contribution in [0.5, 0.6) is 0 Å². The molecule has 3 aromatic rings. The third kappa shape index (κ3) is 6.56. The Hall–Kier alpha value is -2.42. The highest BCUT2D eigenvalue weighted by atomic mass is 35.5. The van der Waals surface area contributed by atoms with Crippen LogP contribution in [-0.2, 0) is 16.1 Å². The Morgan fingerprint density at radius 3 is 2.66 bits per heavy atom. The lowest BCUT2D eigenvalue weighted by Crippen LogP contribution is -2.31. The first-order valence-electron chi connectivity index (χ1n) is 8.84. The molecule has 0 spiro atoms. The average molecular weight is 447 g/mol. The van der Waals surface area contributed by atoms with Crippen molar-refractivity contribution in [2.45, 2.75) is 29.1 Å². The lowest BCUT2D eigenvalue weighted by molar-refractivity contribution is -0.129. The molecule has 0 aliphatic carbocycles. The SMILES string of the molecule is CC(=O)N(CCC(=O)Nc1ccc(Sc2nncs2)c(Cl)c1)Cc1ccccc1. The standard InChI is InChI=1S/C20H19ClN4O2S2/c1-14(26)25(12-15-5-3-2-4-6-15)10-9-19(27)23-16-7-8-18(17(21)11-16)29-20-24-22-13-28-20/h2-8,11,13H,9-10,12H2,1H3,(H,23,27). The van der Waals surface area contributed by atoms with Gasteiger partial charge < -0.3 is 10.2 Å². The molecular weight excluding hydrogens is 428 g/mol. The van der Waals surface area contributed by atoms with E-state index in [9.17, 15) is 9.59 Å². The van der Waals surface area contributed by atoms with E-state index in [4.69, 9.17) is 11.6 Å². The maximum Gasteiger partial charge on any atom is 0.226 e. The van der Waals surface area contributed by atoms with Gasteiger partial charge in [-0.05, 0) is 23.8 Å². The summed E-state index contributed by atoms with van der Waals surface area (Å²) in [6, 6.07) is 15.0. The fourth-order valence-electron chi connectivity index (χ4n) is 2.57. The second-order valence-corrected chi connectivity index (χ2v) is 8.71. The number of hydrogen-bond donors (Lipinski definition) is 1. The van der Waals surface area contributed by atoms with Crippen LogP contribution in [-0.4, -0.2) is 33.5 Å². The van der Waals surface area contributed by atoms with Crippen molar-refractivity contribution < 1.29 is 9.59 Å². The van der Waals surface area contributed by atoms with E-state index in [2.05, 4.69) is 15.5 Å². The molecule has 0 aliphatic rings. The summed E-state index contributed by atoms with van der Waals surface area (Å²) in [5.41, 5.74) is 3.30. The molecule has 0 saturated heterocycles. The van der Waals surface area contributed by atoms with E-state index in [0.29, 0.717) is 23.8 Å². The summed E-state index contributed by atoms with van der Waals surface area (Å²) in [5, 5.41) is 11.1. The van der Waals surface area contributed by atoms with Gasteiger partial charge in [-0.1, -0.05) is 65.0 Å². The van der Waals surface area contributed by atoms with Crippen LogP contribution in [0.4, 0.5) is 5.69 Å². The third-order valence-corrected chi connectivity index (χ3v) is 6.30. The molecule has 0 radical (unpaired) electrons. The number of hydrogen-bond acceptors (Lipinski definition) is 6. The quantitative estimate of drug-likeness (QED) is 0.541. The molecule has 1 heterocycles. The van der Waals surface area contributed by atoms with E-state index in [1.807, 2.05) is 36.4 Å². The van der Waals surface area contributed by atoms with Crippen LogP contribution in [0.2, 0.25) is 5.02 Å². The molecule has 150 valence electrons. The predicted octanol–water partition coefficient (Wildman–Crippen LogP) is 4.72. The minimum absolute atomic E-state index is 0.0669. The van der Waals surface area contributed by atoms with E-state index < -0.39 is 0 Å². The van der Waals surface area contributed by atoms with Gasteiger partial charge in [-0.15, -0.1) is 10.2 Å². The highest BCUT2D eigenvalue weighted by molar-refractivity contribution is 8.01. The third-order valence-electron chi connectivity index (χ3n) is 4.02. The Kier molecular flexibility index (Phi) is 7.62. The van der Waals surface area contributed by atoms with Gasteiger partial charge in [0.1, 0.15) is 5.51 Å². The van der Waals surface area contributed by atoms with Crippen molar-refractivity contribution in [2.24, 2.45) is 0 Å². The van der Waals surface area contributed by atoms with Gasteiger partial charge >= 0.3 is 0 Å². The number of carbonyl (C=O) groups is 2. The molecular formula is C20H19ClN4O2S2. The zero-order valence-corrected chi connectivity index (χ0v) is 18.1. The van der Waals surface area contributed by atoms with Gasteiger partial charge in [-0.2, -0.15) is 0 Å². The molecule has 0 atom stereocenters. The first-order valence-corrected chi connectivity index (χ1v) is 10.9. The number of benzene rings is 2. The van der Waals surface area contributed by atoms with Crippen LogP contribution in [0, 0.1) is 0 Å². The Morgan fingerprint density at radius 1 is 1.21 bits per heavy atom. The first kappa shape index (κ1) is 21.3. The number of rotatable bonds is 8. The summed E-state index contributed by atoms with van der Waals surface area (Å²) < 4.78 is 0.798. The van der Waals surface area contributed by atoms with Crippen molar-refractivity contribution in [2.75, 3.05) is 11.9 Å². The van der Waals surface area contributed by atoms with Crippen molar-refractivity contribution in [3.63, 3.8) is 0 Å². The number of anilines is 1. The molecule has 2 amide bonds. The lowest BCUT2D eigenvalue weighted by atomic mass is 10.2. The molecule has 29 heavy (non-hydrogen) atoms. The monoisotopic (exact) mass is 446 g/mol. The van der Waals surface area contributed by atoms with E-state index in [1.54, 1.807) is 22.5 Å². The first-order chi connectivity index (χ1) is 14.0. The molecule has 3 rings (SSSR count). The highest BCUT2D eigenvalue weighted by Crippen LogP contribution is 2.35. The highest BCUT2D eigenvalue weighted by Gasteiger charge is 2.13. The second-order valence-electron chi connectivity index (χ2n) is 6.18. The summed E-state index contributed by atoms with van der Waals surface area (Å²) >= 11 is 9.18. The van der Waals surface area contributed by atoms with Crippen LogP contribution in [0.15, 0.2) is 63.3 Å². The Labute approximate surface area is 182 Å². The molecule has 0 aliphatic heterocycles. The maximum absolute atomic E-state index is 12.3. The minimum atomic E-state index is -0.176. The molecule has 0 bridgehead atoms. The van der Waals surface area contributed by atoms with Crippen LogP contribution < -0.4 is 5.32 Å². The summed E-state index contributed by atoms with van der Waals surface area (Å²) in [7, 11) is 0. The number of aromatic nitrogens is 2. The summed E-state index contributed by atoms with van der Waals surface area (Å²) in [4.78, 5) is 26.7. The number of halogens is 1. The number of amides is 2. The zero-order chi connectivity index (χ0) is 20.6.